The summed E-state index contributed by atoms with van der Waals surface area (Å²) < 4.78 is 0.832. The Morgan fingerprint density at radius 3 is 2.86 bits per heavy atom. The van der Waals surface area contributed by atoms with Crippen molar-refractivity contribution in [2.75, 3.05) is 19.6 Å². The van der Waals surface area contributed by atoms with E-state index in [2.05, 4.69) is 21.2 Å². The Hall–Kier alpha value is -1.11. The van der Waals surface area contributed by atoms with Crippen LogP contribution < -0.4 is 11.1 Å². The Kier molecular flexibility index (Phi) is 7.14. The van der Waals surface area contributed by atoms with Crippen molar-refractivity contribution in [3.63, 3.8) is 0 Å². The molecule has 1 heterocycles. The maximum absolute atomic E-state index is 12.0. The maximum Gasteiger partial charge on any atom is 0.251 e. The smallest absolute Gasteiger partial charge is 0.251 e. The van der Waals surface area contributed by atoms with Crippen molar-refractivity contribution in [2.45, 2.75) is 18.9 Å². The van der Waals surface area contributed by atoms with E-state index in [1.54, 1.807) is 23.1 Å². The molecule has 1 fully saturated rings. The van der Waals surface area contributed by atoms with Crippen molar-refractivity contribution in [3.8, 4) is 0 Å². The first kappa shape index (κ1) is 17.9. The molecule has 1 aromatic carbocycles. The summed E-state index contributed by atoms with van der Waals surface area (Å²) in [7, 11) is 0. The monoisotopic (exact) mass is 375 g/mol. The quantitative estimate of drug-likeness (QED) is 0.840. The zero-order chi connectivity index (χ0) is 14.5. The first-order valence-corrected chi connectivity index (χ1v) is 7.42. The molecule has 7 heteroatoms. The molecule has 5 nitrogen and oxygen atoms in total. The molecular formula is C14H19BrClN3O2. The third-order valence-corrected chi connectivity index (χ3v) is 3.79. The van der Waals surface area contributed by atoms with Gasteiger partial charge in [-0.15, -0.1) is 12.4 Å². The lowest BCUT2D eigenvalue weighted by atomic mass is 10.1. The number of rotatable bonds is 3. The van der Waals surface area contributed by atoms with E-state index < -0.39 is 0 Å². The summed E-state index contributed by atoms with van der Waals surface area (Å²) in [5, 5.41) is 2.65. The maximum atomic E-state index is 12.0. The molecule has 21 heavy (non-hydrogen) atoms. The zero-order valence-electron chi connectivity index (χ0n) is 11.5. The Bertz CT molecular complexity index is 513. The summed E-state index contributed by atoms with van der Waals surface area (Å²) in [6, 6.07) is 7.10. The summed E-state index contributed by atoms with van der Waals surface area (Å²) in [5.41, 5.74) is 6.37. The minimum absolute atomic E-state index is 0. The number of carbonyl (C=O) groups excluding carboxylic acids is 2. The van der Waals surface area contributed by atoms with Crippen LogP contribution in [-0.4, -0.2) is 42.4 Å². The number of halogens is 2. The molecule has 2 amide bonds. The number of piperidine rings is 1. The average Bonchev–Trinajstić information content (AvgIpc) is 2.44. The fraction of sp³-hybridized carbons (Fsp3) is 0.429. The Morgan fingerprint density at radius 2 is 2.19 bits per heavy atom. The van der Waals surface area contributed by atoms with Gasteiger partial charge in [-0.3, -0.25) is 9.59 Å². The Labute approximate surface area is 138 Å². The first-order valence-electron chi connectivity index (χ1n) is 6.63. The van der Waals surface area contributed by atoms with Gasteiger partial charge in [-0.2, -0.15) is 0 Å². The summed E-state index contributed by atoms with van der Waals surface area (Å²) in [5.74, 6) is -0.329. The van der Waals surface area contributed by atoms with Gasteiger partial charge in [0.15, 0.2) is 0 Å². The van der Waals surface area contributed by atoms with E-state index in [9.17, 15) is 9.59 Å². The molecule has 1 aliphatic rings. The highest BCUT2D eigenvalue weighted by Crippen LogP contribution is 2.11. The fourth-order valence-electron chi connectivity index (χ4n) is 2.24. The number of nitrogens with zero attached hydrogens (tertiary/aromatic N) is 1. The third kappa shape index (κ3) is 5.30. The van der Waals surface area contributed by atoms with E-state index in [0.29, 0.717) is 12.1 Å². The Balaban J connectivity index is 0.00000220. The standard InChI is InChI=1S/C14H18BrN3O2.ClH/c15-11-4-1-3-10(7-11)14(20)17-8-13(19)18-6-2-5-12(16)9-18;/h1,3-4,7,12H,2,5-6,8-9,16H2,(H,17,20);1H. The number of likely N-dealkylation sites (tertiary alicyclic amines) is 1. The normalized spacial score (nSPS) is 17.8. The van der Waals surface area contributed by atoms with E-state index >= 15 is 0 Å². The number of nitrogens with two attached hydrogens (primary N) is 1. The van der Waals surface area contributed by atoms with Crippen LogP contribution in [0.2, 0.25) is 0 Å². The molecule has 0 aromatic heterocycles. The van der Waals surface area contributed by atoms with Crippen molar-refractivity contribution >= 4 is 40.2 Å². The van der Waals surface area contributed by atoms with Gasteiger partial charge in [0.25, 0.3) is 5.91 Å². The van der Waals surface area contributed by atoms with Gasteiger partial charge < -0.3 is 16.0 Å². The molecule has 0 saturated carbocycles. The van der Waals surface area contributed by atoms with E-state index in [1.807, 2.05) is 6.07 Å². The topological polar surface area (TPSA) is 75.4 Å². The average molecular weight is 377 g/mol. The lowest BCUT2D eigenvalue weighted by molar-refractivity contribution is -0.131. The second-order valence-corrected chi connectivity index (χ2v) is 5.85. The number of carbonyl (C=O) groups is 2. The van der Waals surface area contributed by atoms with Crippen LogP contribution in [-0.2, 0) is 4.79 Å². The van der Waals surface area contributed by atoms with Crippen LogP contribution in [0.5, 0.6) is 0 Å². The van der Waals surface area contributed by atoms with Gasteiger partial charge in [0, 0.05) is 29.2 Å². The van der Waals surface area contributed by atoms with E-state index in [4.69, 9.17) is 5.73 Å². The Morgan fingerprint density at radius 1 is 1.43 bits per heavy atom. The number of hydrogen-bond donors (Lipinski definition) is 2. The lowest BCUT2D eigenvalue weighted by Gasteiger charge is -2.30. The van der Waals surface area contributed by atoms with Crippen molar-refractivity contribution in [3.05, 3.63) is 34.3 Å². The molecule has 116 valence electrons. The minimum Gasteiger partial charge on any atom is -0.343 e. The molecule has 1 saturated heterocycles. The van der Waals surface area contributed by atoms with Crippen LogP contribution in [0, 0.1) is 0 Å². The molecule has 3 N–H and O–H groups in total. The molecule has 1 atom stereocenters. The van der Waals surface area contributed by atoms with Crippen molar-refractivity contribution in [2.24, 2.45) is 5.73 Å². The van der Waals surface area contributed by atoms with Gasteiger partial charge in [0.1, 0.15) is 0 Å². The van der Waals surface area contributed by atoms with Crippen LogP contribution in [0.3, 0.4) is 0 Å². The van der Waals surface area contributed by atoms with Crippen LogP contribution in [0.1, 0.15) is 23.2 Å². The van der Waals surface area contributed by atoms with E-state index in [0.717, 1.165) is 23.9 Å². The van der Waals surface area contributed by atoms with Gasteiger partial charge in [0.2, 0.25) is 5.91 Å². The second kappa shape index (κ2) is 8.36. The van der Waals surface area contributed by atoms with Gasteiger partial charge in [-0.05, 0) is 31.0 Å². The number of hydrogen-bond acceptors (Lipinski definition) is 3. The molecule has 0 radical (unpaired) electrons. The second-order valence-electron chi connectivity index (χ2n) is 4.94. The minimum atomic E-state index is -0.249. The lowest BCUT2D eigenvalue weighted by Crippen LogP contribution is -2.48. The van der Waals surface area contributed by atoms with Crippen LogP contribution in [0.15, 0.2) is 28.7 Å². The van der Waals surface area contributed by atoms with Gasteiger partial charge in [0.05, 0.1) is 6.54 Å². The summed E-state index contributed by atoms with van der Waals surface area (Å²) in [4.78, 5) is 25.6. The zero-order valence-corrected chi connectivity index (χ0v) is 14.0. The van der Waals surface area contributed by atoms with Gasteiger partial charge >= 0.3 is 0 Å². The molecule has 1 unspecified atom stereocenters. The van der Waals surface area contributed by atoms with Crippen molar-refractivity contribution < 1.29 is 9.59 Å². The third-order valence-electron chi connectivity index (χ3n) is 3.30. The predicted octanol–water partition coefficient (Wildman–Crippen LogP) is 1.55. The first-order chi connectivity index (χ1) is 9.56. The molecule has 2 rings (SSSR count). The fourth-order valence-corrected chi connectivity index (χ4v) is 2.64. The molecule has 0 bridgehead atoms. The molecule has 1 aromatic rings. The van der Waals surface area contributed by atoms with Gasteiger partial charge in [-0.1, -0.05) is 22.0 Å². The largest absolute Gasteiger partial charge is 0.343 e. The van der Waals surface area contributed by atoms with Crippen LogP contribution >= 0.6 is 28.3 Å². The summed E-state index contributed by atoms with van der Waals surface area (Å²) in [6.07, 6.45) is 1.88. The van der Waals surface area contributed by atoms with Crippen LogP contribution in [0.4, 0.5) is 0 Å². The van der Waals surface area contributed by atoms with Crippen LogP contribution in [0.25, 0.3) is 0 Å². The predicted molar refractivity (Wildman–Crippen MR) is 87.5 cm³/mol. The van der Waals surface area contributed by atoms with Gasteiger partial charge in [-0.25, -0.2) is 0 Å². The summed E-state index contributed by atoms with van der Waals surface area (Å²) in [6.45, 7) is 1.31. The van der Waals surface area contributed by atoms with E-state index in [1.165, 1.54) is 0 Å². The highest BCUT2D eigenvalue weighted by atomic mass is 79.9. The van der Waals surface area contributed by atoms with Crippen molar-refractivity contribution in [1.29, 1.82) is 0 Å². The SMILES string of the molecule is Cl.NC1CCCN(C(=O)CNC(=O)c2cccc(Br)c2)C1. The summed E-state index contributed by atoms with van der Waals surface area (Å²) >= 11 is 3.31. The molecule has 1 aliphatic heterocycles. The van der Waals surface area contributed by atoms with E-state index in [-0.39, 0.29) is 36.8 Å². The molecule has 0 spiro atoms. The number of nitrogens with one attached hydrogen (secondary N) is 1. The molecule has 0 aliphatic carbocycles. The number of benzene rings is 1. The number of amides is 2. The highest BCUT2D eigenvalue weighted by Gasteiger charge is 2.21. The highest BCUT2D eigenvalue weighted by molar-refractivity contribution is 9.10. The molecular weight excluding hydrogens is 358 g/mol. The van der Waals surface area contributed by atoms with Crippen molar-refractivity contribution in [1.82, 2.24) is 10.2 Å².